The summed E-state index contributed by atoms with van der Waals surface area (Å²) in [5.41, 5.74) is 2.40. The van der Waals surface area contributed by atoms with E-state index >= 15 is 0 Å². The number of aromatic nitrogens is 1. The summed E-state index contributed by atoms with van der Waals surface area (Å²) in [4.78, 5) is 19.5. The van der Waals surface area contributed by atoms with E-state index in [2.05, 4.69) is 4.98 Å². The van der Waals surface area contributed by atoms with Crippen LogP contribution in [0.4, 0.5) is 5.69 Å². The zero-order valence-corrected chi connectivity index (χ0v) is 15.5. The maximum Gasteiger partial charge on any atom is 0.270 e. The average molecular weight is 378 g/mol. The molecule has 3 aromatic rings. The summed E-state index contributed by atoms with van der Waals surface area (Å²) in [6.45, 7) is 0. The summed E-state index contributed by atoms with van der Waals surface area (Å²) in [5, 5.41) is 1.03. The van der Waals surface area contributed by atoms with Gasteiger partial charge < -0.3 is 4.74 Å². The van der Waals surface area contributed by atoms with E-state index in [9.17, 15) is 4.79 Å². The quantitative estimate of drug-likeness (QED) is 0.490. The van der Waals surface area contributed by atoms with Crippen LogP contribution in [-0.4, -0.2) is 22.3 Å². The molecule has 4 rings (SSSR count). The molecule has 2 heterocycles. The van der Waals surface area contributed by atoms with Gasteiger partial charge in [0, 0.05) is 17.1 Å². The summed E-state index contributed by atoms with van der Waals surface area (Å²) in [6.07, 6.45) is 3.60. The van der Waals surface area contributed by atoms with Crippen molar-refractivity contribution in [2.24, 2.45) is 0 Å². The number of methoxy groups -OCH3 is 1. The smallest absolute Gasteiger partial charge is 0.270 e. The molecular weight excluding hydrogens is 364 g/mol. The van der Waals surface area contributed by atoms with Crippen molar-refractivity contribution in [3.05, 3.63) is 71.3 Å². The fourth-order valence-electron chi connectivity index (χ4n) is 2.88. The fourth-order valence-corrected chi connectivity index (χ4v) is 4.15. The Balaban J connectivity index is 1.76. The molecule has 0 unspecified atom stereocenters. The third-order valence-corrected chi connectivity index (χ3v) is 5.37. The first-order chi connectivity index (χ1) is 12.7. The third kappa shape index (κ3) is 2.87. The van der Waals surface area contributed by atoms with Gasteiger partial charge in [0.05, 0.1) is 23.2 Å². The van der Waals surface area contributed by atoms with E-state index in [1.54, 1.807) is 13.3 Å². The van der Waals surface area contributed by atoms with Gasteiger partial charge in [-0.05, 0) is 24.3 Å². The molecule has 0 bridgehead atoms. The Bertz CT molecular complexity index is 1060. The van der Waals surface area contributed by atoms with Crippen LogP contribution in [0.15, 0.2) is 65.7 Å². The highest BCUT2D eigenvalue weighted by Gasteiger charge is 2.34. The van der Waals surface area contributed by atoms with Gasteiger partial charge in [0.2, 0.25) is 0 Å². The normalized spacial score (nSPS) is 15.9. The van der Waals surface area contributed by atoms with Gasteiger partial charge in [-0.15, -0.1) is 0 Å². The molecule has 26 heavy (non-hydrogen) atoms. The molecule has 0 radical (unpaired) electrons. The molecule has 1 amide bonds. The molecule has 1 aliphatic heterocycles. The maximum atomic E-state index is 13.0. The maximum absolute atomic E-state index is 13.0. The second-order valence-corrected chi connectivity index (χ2v) is 7.29. The average Bonchev–Trinajstić information content (AvgIpc) is 2.95. The minimum atomic E-state index is -0.155. The van der Waals surface area contributed by atoms with E-state index in [-0.39, 0.29) is 5.91 Å². The minimum Gasteiger partial charge on any atom is -0.495 e. The second kappa shape index (κ2) is 6.90. The standard InChI is InChI=1S/C20H14N2O2S2/c1-24-16-10-3-2-9-15(16)22-19(23)17(26-20(22)25)12-14-7-4-6-13-8-5-11-21-18(13)14/h2-12H,1H3/b17-12+. The SMILES string of the molecule is COc1ccccc1N1C(=O)/C(=C\c2cccc3cccnc23)SC1=S. The van der Waals surface area contributed by atoms with E-state index in [1.807, 2.05) is 60.7 Å². The molecule has 0 spiro atoms. The molecule has 4 nitrogen and oxygen atoms in total. The first kappa shape index (κ1) is 16.8. The predicted octanol–water partition coefficient (Wildman–Crippen LogP) is 4.65. The van der Waals surface area contributed by atoms with Crippen LogP contribution in [0.25, 0.3) is 17.0 Å². The van der Waals surface area contributed by atoms with Crippen molar-refractivity contribution in [1.82, 2.24) is 4.98 Å². The molecule has 128 valence electrons. The monoisotopic (exact) mass is 378 g/mol. The number of nitrogens with zero attached hydrogens (tertiary/aromatic N) is 2. The van der Waals surface area contributed by atoms with Crippen LogP contribution in [0, 0.1) is 0 Å². The van der Waals surface area contributed by atoms with Crippen molar-refractivity contribution in [2.45, 2.75) is 0 Å². The first-order valence-corrected chi connectivity index (χ1v) is 9.16. The van der Waals surface area contributed by atoms with Gasteiger partial charge in [-0.3, -0.25) is 14.7 Å². The summed E-state index contributed by atoms with van der Waals surface area (Å²) in [6, 6.07) is 17.2. The van der Waals surface area contributed by atoms with E-state index in [0.29, 0.717) is 20.7 Å². The summed E-state index contributed by atoms with van der Waals surface area (Å²) >= 11 is 6.74. The van der Waals surface area contributed by atoms with Crippen LogP contribution in [0.5, 0.6) is 5.75 Å². The van der Waals surface area contributed by atoms with Crippen molar-refractivity contribution >= 4 is 56.9 Å². The van der Waals surface area contributed by atoms with Crippen LogP contribution in [0.2, 0.25) is 0 Å². The number of rotatable bonds is 3. The number of carbonyl (C=O) groups excluding carboxylic acids is 1. The number of para-hydroxylation sites is 3. The molecular formula is C20H14N2O2S2. The van der Waals surface area contributed by atoms with E-state index in [0.717, 1.165) is 16.5 Å². The van der Waals surface area contributed by atoms with Gasteiger partial charge >= 0.3 is 0 Å². The summed E-state index contributed by atoms with van der Waals surface area (Å²) in [7, 11) is 1.58. The van der Waals surface area contributed by atoms with E-state index in [4.69, 9.17) is 17.0 Å². The Morgan fingerprint density at radius 3 is 2.77 bits per heavy atom. The van der Waals surface area contributed by atoms with Crippen molar-refractivity contribution < 1.29 is 9.53 Å². The van der Waals surface area contributed by atoms with Crippen LogP contribution in [-0.2, 0) is 4.79 Å². The van der Waals surface area contributed by atoms with Gasteiger partial charge in [0.1, 0.15) is 5.75 Å². The third-order valence-electron chi connectivity index (χ3n) is 4.07. The number of hydrogen-bond acceptors (Lipinski definition) is 5. The Labute approximate surface area is 160 Å². The molecule has 0 atom stereocenters. The number of pyridine rings is 1. The highest BCUT2D eigenvalue weighted by Crippen LogP contribution is 2.40. The Hall–Kier alpha value is -2.70. The lowest BCUT2D eigenvalue weighted by Crippen LogP contribution is -2.27. The zero-order chi connectivity index (χ0) is 18.1. The Kier molecular flexibility index (Phi) is 4.44. The molecule has 0 aliphatic carbocycles. The molecule has 0 N–H and O–H groups in total. The lowest BCUT2D eigenvalue weighted by Gasteiger charge is -2.17. The van der Waals surface area contributed by atoms with Crippen LogP contribution < -0.4 is 9.64 Å². The number of ether oxygens (including phenoxy) is 1. The summed E-state index contributed by atoms with van der Waals surface area (Å²) < 4.78 is 5.86. The van der Waals surface area contributed by atoms with Gasteiger partial charge in [-0.2, -0.15) is 0 Å². The van der Waals surface area contributed by atoms with Gasteiger partial charge in [-0.1, -0.05) is 60.4 Å². The van der Waals surface area contributed by atoms with Crippen molar-refractivity contribution in [1.29, 1.82) is 0 Å². The number of thiocarbonyl (C=S) groups is 1. The number of carbonyl (C=O) groups is 1. The van der Waals surface area contributed by atoms with Crippen LogP contribution in [0.1, 0.15) is 5.56 Å². The second-order valence-electron chi connectivity index (χ2n) is 5.61. The van der Waals surface area contributed by atoms with Crippen molar-refractivity contribution in [3.8, 4) is 5.75 Å². The molecule has 6 heteroatoms. The largest absolute Gasteiger partial charge is 0.495 e. The Morgan fingerprint density at radius 1 is 1.12 bits per heavy atom. The van der Waals surface area contributed by atoms with Gasteiger partial charge in [0.25, 0.3) is 5.91 Å². The predicted molar refractivity (Wildman–Crippen MR) is 110 cm³/mol. The van der Waals surface area contributed by atoms with Crippen molar-refractivity contribution in [2.75, 3.05) is 12.0 Å². The lowest BCUT2D eigenvalue weighted by atomic mass is 10.1. The summed E-state index contributed by atoms with van der Waals surface area (Å²) in [5.74, 6) is 0.453. The number of amides is 1. The fraction of sp³-hybridized carbons (Fsp3) is 0.0500. The number of fused-ring (bicyclic) bond motifs is 1. The number of hydrogen-bond donors (Lipinski definition) is 0. The van der Waals surface area contributed by atoms with Crippen LogP contribution in [0.3, 0.4) is 0 Å². The number of benzene rings is 2. The van der Waals surface area contributed by atoms with Gasteiger partial charge in [-0.25, -0.2) is 0 Å². The topological polar surface area (TPSA) is 42.4 Å². The van der Waals surface area contributed by atoms with E-state index in [1.165, 1.54) is 16.7 Å². The van der Waals surface area contributed by atoms with Crippen molar-refractivity contribution in [3.63, 3.8) is 0 Å². The molecule has 1 aliphatic rings. The van der Waals surface area contributed by atoms with E-state index < -0.39 is 0 Å². The Morgan fingerprint density at radius 2 is 1.92 bits per heavy atom. The molecule has 1 saturated heterocycles. The number of anilines is 1. The molecule has 0 saturated carbocycles. The number of thioether (sulfide) groups is 1. The minimum absolute atomic E-state index is 0.155. The molecule has 1 aromatic heterocycles. The van der Waals surface area contributed by atoms with Gasteiger partial charge in [0.15, 0.2) is 4.32 Å². The highest BCUT2D eigenvalue weighted by molar-refractivity contribution is 8.27. The molecule has 2 aromatic carbocycles. The zero-order valence-electron chi connectivity index (χ0n) is 13.9. The molecule has 1 fully saturated rings. The van der Waals surface area contributed by atoms with Crippen LogP contribution >= 0.6 is 24.0 Å². The lowest BCUT2D eigenvalue weighted by molar-refractivity contribution is -0.113. The highest BCUT2D eigenvalue weighted by atomic mass is 32.2. The first-order valence-electron chi connectivity index (χ1n) is 7.94.